The molecule has 2 aliphatic rings. The summed E-state index contributed by atoms with van der Waals surface area (Å²) in [6, 6.07) is 5.61. The zero-order valence-corrected chi connectivity index (χ0v) is 16.9. The van der Waals surface area contributed by atoms with Crippen LogP contribution in [0.25, 0.3) is 6.08 Å². The van der Waals surface area contributed by atoms with Crippen LogP contribution in [0.3, 0.4) is 0 Å². The summed E-state index contributed by atoms with van der Waals surface area (Å²) in [4.78, 5) is 15.0. The summed E-state index contributed by atoms with van der Waals surface area (Å²) < 4.78 is 17.5. The van der Waals surface area contributed by atoms with Gasteiger partial charge < -0.3 is 14.2 Å². The molecular formula is C20H23NO4S2. The molecule has 0 bridgehead atoms. The number of ether oxygens (including phenoxy) is 3. The Balaban J connectivity index is 1.76. The number of amides is 1. The largest absolute Gasteiger partial charge is 0.490 e. The predicted octanol–water partition coefficient (Wildman–Crippen LogP) is 4.03. The molecule has 0 aliphatic carbocycles. The van der Waals surface area contributed by atoms with E-state index in [-0.39, 0.29) is 12.0 Å². The van der Waals surface area contributed by atoms with Crippen LogP contribution in [-0.2, 0) is 9.53 Å². The maximum Gasteiger partial charge on any atom is 0.266 e. The van der Waals surface area contributed by atoms with Crippen molar-refractivity contribution in [2.75, 3.05) is 26.4 Å². The minimum absolute atomic E-state index is 0.0644. The Morgan fingerprint density at radius 1 is 1.41 bits per heavy atom. The number of nitrogens with zero attached hydrogens (tertiary/aromatic N) is 1. The molecule has 2 fully saturated rings. The highest BCUT2D eigenvalue weighted by Gasteiger charge is 2.34. The van der Waals surface area contributed by atoms with Crippen molar-refractivity contribution in [2.24, 2.45) is 0 Å². The van der Waals surface area contributed by atoms with Crippen LogP contribution in [0.1, 0.15) is 25.3 Å². The van der Waals surface area contributed by atoms with Crippen molar-refractivity contribution in [1.82, 2.24) is 4.90 Å². The molecule has 1 amide bonds. The number of thioether (sulfide) groups is 1. The molecule has 0 unspecified atom stereocenters. The summed E-state index contributed by atoms with van der Waals surface area (Å²) in [6.07, 6.45) is 5.62. The first kappa shape index (κ1) is 19.9. The summed E-state index contributed by atoms with van der Waals surface area (Å²) in [6.45, 7) is 7.79. The minimum Gasteiger partial charge on any atom is -0.490 e. The predicted molar refractivity (Wildman–Crippen MR) is 112 cm³/mol. The van der Waals surface area contributed by atoms with Gasteiger partial charge in [-0.2, -0.15) is 0 Å². The second-order valence-electron chi connectivity index (χ2n) is 6.17. The van der Waals surface area contributed by atoms with E-state index in [2.05, 4.69) is 6.58 Å². The molecule has 5 nitrogen and oxygen atoms in total. The van der Waals surface area contributed by atoms with E-state index in [4.69, 9.17) is 26.4 Å². The van der Waals surface area contributed by atoms with Gasteiger partial charge in [0.25, 0.3) is 5.91 Å². The quantitative estimate of drug-likeness (QED) is 0.370. The van der Waals surface area contributed by atoms with Crippen molar-refractivity contribution in [3.8, 4) is 11.5 Å². The van der Waals surface area contributed by atoms with E-state index in [0.717, 1.165) is 25.0 Å². The van der Waals surface area contributed by atoms with Crippen LogP contribution in [0.15, 0.2) is 35.8 Å². The fraction of sp³-hybridized carbons (Fsp3) is 0.400. The Morgan fingerprint density at radius 2 is 2.26 bits per heavy atom. The number of carbonyl (C=O) groups is 1. The van der Waals surface area contributed by atoms with Crippen molar-refractivity contribution in [2.45, 2.75) is 25.9 Å². The average Bonchev–Trinajstić information content (AvgIpc) is 3.26. The molecule has 27 heavy (non-hydrogen) atoms. The molecule has 0 radical (unpaired) electrons. The fourth-order valence-electron chi connectivity index (χ4n) is 2.95. The zero-order chi connectivity index (χ0) is 19.2. The van der Waals surface area contributed by atoms with E-state index < -0.39 is 0 Å². The van der Waals surface area contributed by atoms with E-state index in [0.29, 0.717) is 40.5 Å². The van der Waals surface area contributed by atoms with Gasteiger partial charge in [-0.1, -0.05) is 42.7 Å². The van der Waals surface area contributed by atoms with Crippen molar-refractivity contribution >= 4 is 40.3 Å². The molecule has 0 N–H and O–H groups in total. The summed E-state index contributed by atoms with van der Waals surface area (Å²) in [5.74, 6) is 1.23. The summed E-state index contributed by atoms with van der Waals surface area (Å²) in [7, 11) is 0. The lowest BCUT2D eigenvalue weighted by Gasteiger charge is -2.18. The Hall–Kier alpha value is -1.83. The number of carbonyl (C=O) groups excluding carboxylic acids is 1. The molecular weight excluding hydrogens is 382 g/mol. The monoisotopic (exact) mass is 405 g/mol. The fourth-order valence-corrected chi connectivity index (χ4v) is 4.23. The lowest BCUT2D eigenvalue weighted by atomic mass is 10.1. The normalized spacial score (nSPS) is 21.1. The second kappa shape index (κ2) is 9.39. The van der Waals surface area contributed by atoms with Crippen LogP contribution in [0, 0.1) is 0 Å². The third-order valence-electron chi connectivity index (χ3n) is 4.21. The van der Waals surface area contributed by atoms with Gasteiger partial charge >= 0.3 is 0 Å². The Kier molecular flexibility index (Phi) is 6.93. The van der Waals surface area contributed by atoms with Gasteiger partial charge in [-0.05, 0) is 43.5 Å². The van der Waals surface area contributed by atoms with Crippen LogP contribution >= 0.6 is 24.0 Å². The molecule has 7 heteroatoms. The van der Waals surface area contributed by atoms with Gasteiger partial charge in [0.2, 0.25) is 0 Å². The molecule has 144 valence electrons. The molecule has 1 atom stereocenters. The first-order chi connectivity index (χ1) is 13.1. The second-order valence-corrected chi connectivity index (χ2v) is 7.84. The van der Waals surface area contributed by atoms with Crippen LogP contribution < -0.4 is 9.47 Å². The number of thiocarbonyl (C=S) groups is 1. The topological polar surface area (TPSA) is 48.0 Å². The van der Waals surface area contributed by atoms with Crippen molar-refractivity contribution in [3.05, 3.63) is 41.3 Å². The maximum atomic E-state index is 12.8. The molecule has 1 aromatic carbocycles. The Labute approximate surface area is 169 Å². The van der Waals surface area contributed by atoms with Crippen LogP contribution in [0.4, 0.5) is 0 Å². The summed E-state index contributed by atoms with van der Waals surface area (Å²) >= 11 is 6.72. The standard InChI is InChI=1S/C20H23NO4S2/c1-3-9-25-16-8-7-14(11-17(16)23-4-2)12-18-19(22)21(20(26)27-18)13-15-6-5-10-24-15/h3,7-8,11-12,15H,1,4-6,9-10,13H2,2H3/b18-12-/t15-/m1/s1. The van der Waals surface area contributed by atoms with Crippen LogP contribution in [-0.4, -0.2) is 47.6 Å². The molecule has 2 saturated heterocycles. The van der Waals surface area contributed by atoms with Gasteiger partial charge in [0, 0.05) is 6.61 Å². The van der Waals surface area contributed by atoms with Gasteiger partial charge in [0.1, 0.15) is 10.9 Å². The van der Waals surface area contributed by atoms with Gasteiger partial charge in [-0.15, -0.1) is 0 Å². The van der Waals surface area contributed by atoms with Crippen LogP contribution in [0.2, 0.25) is 0 Å². The zero-order valence-electron chi connectivity index (χ0n) is 15.3. The first-order valence-electron chi connectivity index (χ1n) is 9.00. The molecule has 0 spiro atoms. The molecule has 0 aromatic heterocycles. The number of benzene rings is 1. The van der Waals surface area contributed by atoms with E-state index in [1.165, 1.54) is 11.8 Å². The molecule has 0 saturated carbocycles. The van der Waals surface area contributed by atoms with Gasteiger partial charge in [-0.3, -0.25) is 9.69 Å². The van der Waals surface area contributed by atoms with Gasteiger partial charge in [0.05, 0.1) is 24.2 Å². The first-order valence-corrected chi connectivity index (χ1v) is 10.2. The number of rotatable bonds is 8. The van der Waals surface area contributed by atoms with E-state index >= 15 is 0 Å². The maximum absolute atomic E-state index is 12.8. The highest BCUT2D eigenvalue weighted by Crippen LogP contribution is 2.35. The smallest absolute Gasteiger partial charge is 0.266 e. The van der Waals surface area contributed by atoms with Crippen LogP contribution in [0.5, 0.6) is 11.5 Å². The highest BCUT2D eigenvalue weighted by atomic mass is 32.2. The Morgan fingerprint density at radius 3 is 2.96 bits per heavy atom. The van der Waals surface area contributed by atoms with E-state index in [1.54, 1.807) is 11.0 Å². The van der Waals surface area contributed by atoms with Crippen molar-refractivity contribution < 1.29 is 19.0 Å². The third kappa shape index (κ3) is 4.91. The van der Waals surface area contributed by atoms with E-state index in [9.17, 15) is 4.79 Å². The molecule has 1 aromatic rings. The molecule has 2 heterocycles. The van der Waals surface area contributed by atoms with Gasteiger partial charge in [0.15, 0.2) is 11.5 Å². The highest BCUT2D eigenvalue weighted by molar-refractivity contribution is 8.26. The number of hydrogen-bond donors (Lipinski definition) is 0. The lowest BCUT2D eigenvalue weighted by Crippen LogP contribution is -2.35. The third-order valence-corrected chi connectivity index (χ3v) is 5.58. The van der Waals surface area contributed by atoms with E-state index in [1.807, 2.05) is 31.2 Å². The minimum atomic E-state index is -0.0644. The van der Waals surface area contributed by atoms with Gasteiger partial charge in [-0.25, -0.2) is 0 Å². The van der Waals surface area contributed by atoms with Crippen molar-refractivity contribution in [3.63, 3.8) is 0 Å². The average molecular weight is 406 g/mol. The SMILES string of the molecule is C=CCOc1ccc(/C=C2\SC(=S)N(C[C@H]3CCCO3)C2=O)cc1OCC. The molecule has 2 aliphatic heterocycles. The lowest BCUT2D eigenvalue weighted by molar-refractivity contribution is -0.123. The summed E-state index contributed by atoms with van der Waals surface area (Å²) in [5, 5.41) is 0. The number of hydrogen-bond acceptors (Lipinski definition) is 6. The summed E-state index contributed by atoms with van der Waals surface area (Å²) in [5.41, 5.74) is 0.863. The van der Waals surface area contributed by atoms with Crippen molar-refractivity contribution in [1.29, 1.82) is 0 Å². The Bertz CT molecular complexity index is 756. The molecule has 3 rings (SSSR count).